The van der Waals surface area contributed by atoms with Crippen LogP contribution >= 0.6 is 23.2 Å². The molecule has 2 aromatic carbocycles. The molecular formula is C14H9Cl2N3O2S. The third-order valence-corrected chi connectivity index (χ3v) is 5.04. The van der Waals surface area contributed by atoms with E-state index < -0.39 is 10.0 Å². The number of fused-ring (bicyclic) bond motifs is 1. The Bertz CT molecular complexity index is 961. The Morgan fingerprint density at radius 1 is 0.864 bits per heavy atom. The summed E-state index contributed by atoms with van der Waals surface area (Å²) in [6, 6.07) is 9.04. The lowest BCUT2D eigenvalue weighted by atomic mass is 10.3. The molecule has 0 bridgehead atoms. The van der Waals surface area contributed by atoms with Crippen molar-refractivity contribution in [2.75, 3.05) is 4.72 Å². The third-order valence-electron chi connectivity index (χ3n) is 2.92. The highest BCUT2D eigenvalue weighted by atomic mass is 35.5. The molecule has 0 amide bonds. The van der Waals surface area contributed by atoms with Gasteiger partial charge >= 0.3 is 0 Å². The molecule has 0 fully saturated rings. The van der Waals surface area contributed by atoms with Crippen LogP contribution in [0.4, 0.5) is 5.69 Å². The highest BCUT2D eigenvalue weighted by Crippen LogP contribution is 2.26. The molecule has 1 heterocycles. The van der Waals surface area contributed by atoms with Crippen LogP contribution in [-0.2, 0) is 10.0 Å². The van der Waals surface area contributed by atoms with E-state index in [4.69, 9.17) is 23.2 Å². The van der Waals surface area contributed by atoms with Crippen LogP contribution in [0.5, 0.6) is 0 Å². The summed E-state index contributed by atoms with van der Waals surface area (Å²) in [5, 5.41) is 0.468. The molecule has 3 aromatic rings. The van der Waals surface area contributed by atoms with Gasteiger partial charge in [-0.2, -0.15) is 0 Å². The monoisotopic (exact) mass is 353 g/mol. The van der Waals surface area contributed by atoms with Crippen LogP contribution in [0, 0.1) is 0 Å². The van der Waals surface area contributed by atoms with Gasteiger partial charge in [-0.3, -0.25) is 14.7 Å². The van der Waals surface area contributed by atoms with Crippen LogP contribution in [0.15, 0.2) is 53.7 Å². The fourth-order valence-corrected chi connectivity index (χ4v) is 3.32. The van der Waals surface area contributed by atoms with E-state index in [9.17, 15) is 8.42 Å². The van der Waals surface area contributed by atoms with Crippen molar-refractivity contribution in [1.29, 1.82) is 0 Å². The van der Waals surface area contributed by atoms with Crippen molar-refractivity contribution in [1.82, 2.24) is 9.97 Å². The van der Waals surface area contributed by atoms with Gasteiger partial charge in [-0.1, -0.05) is 23.2 Å². The minimum Gasteiger partial charge on any atom is -0.280 e. The zero-order valence-electron chi connectivity index (χ0n) is 11.0. The lowest BCUT2D eigenvalue weighted by Gasteiger charge is -2.09. The predicted octanol–water partition coefficient (Wildman–Crippen LogP) is 3.74. The van der Waals surface area contributed by atoms with E-state index in [1.807, 2.05) is 0 Å². The maximum absolute atomic E-state index is 12.4. The summed E-state index contributed by atoms with van der Waals surface area (Å²) in [7, 11) is -3.76. The molecule has 1 N–H and O–H groups in total. The van der Waals surface area contributed by atoms with Gasteiger partial charge in [0.1, 0.15) is 0 Å². The molecule has 5 nitrogen and oxygen atoms in total. The minimum absolute atomic E-state index is 0.0288. The van der Waals surface area contributed by atoms with Crippen molar-refractivity contribution in [3.63, 3.8) is 0 Å². The lowest BCUT2D eigenvalue weighted by Crippen LogP contribution is -2.13. The van der Waals surface area contributed by atoms with Crippen LogP contribution in [0.1, 0.15) is 0 Å². The first-order valence-electron chi connectivity index (χ1n) is 6.14. The van der Waals surface area contributed by atoms with Crippen molar-refractivity contribution in [3.05, 3.63) is 58.8 Å². The van der Waals surface area contributed by atoms with E-state index in [1.54, 1.807) is 30.6 Å². The summed E-state index contributed by atoms with van der Waals surface area (Å²) in [5.41, 5.74) is 1.66. The van der Waals surface area contributed by atoms with E-state index in [-0.39, 0.29) is 9.92 Å². The van der Waals surface area contributed by atoms with E-state index in [0.717, 1.165) is 0 Å². The van der Waals surface area contributed by atoms with Gasteiger partial charge in [0.25, 0.3) is 10.0 Å². The fourth-order valence-electron chi connectivity index (χ4n) is 1.88. The fraction of sp³-hybridized carbons (Fsp3) is 0. The quantitative estimate of drug-likeness (QED) is 0.778. The predicted molar refractivity (Wildman–Crippen MR) is 86.8 cm³/mol. The van der Waals surface area contributed by atoms with E-state index >= 15 is 0 Å². The number of anilines is 1. The number of hydrogen-bond acceptors (Lipinski definition) is 4. The first-order chi connectivity index (χ1) is 10.5. The van der Waals surface area contributed by atoms with Gasteiger partial charge in [-0.05, 0) is 36.4 Å². The molecule has 0 aliphatic rings. The zero-order chi connectivity index (χ0) is 15.7. The number of rotatable bonds is 3. The second-order valence-corrected chi connectivity index (χ2v) is 6.94. The van der Waals surface area contributed by atoms with Crippen molar-refractivity contribution < 1.29 is 8.42 Å². The Hall–Kier alpha value is -1.89. The molecule has 0 saturated heterocycles. The van der Waals surface area contributed by atoms with Gasteiger partial charge in [0.05, 0.1) is 31.7 Å². The molecule has 22 heavy (non-hydrogen) atoms. The molecule has 112 valence electrons. The molecule has 0 saturated carbocycles. The summed E-state index contributed by atoms with van der Waals surface area (Å²) < 4.78 is 27.2. The van der Waals surface area contributed by atoms with Gasteiger partial charge in [-0.25, -0.2) is 8.42 Å². The second-order valence-electron chi connectivity index (χ2n) is 4.44. The highest BCUT2D eigenvalue weighted by Gasteiger charge is 2.16. The van der Waals surface area contributed by atoms with Crippen LogP contribution < -0.4 is 4.72 Å². The normalized spacial score (nSPS) is 11.5. The Balaban J connectivity index is 1.97. The number of aromatic nitrogens is 2. The van der Waals surface area contributed by atoms with Gasteiger partial charge in [0.15, 0.2) is 0 Å². The lowest BCUT2D eigenvalue weighted by molar-refractivity contribution is 0.601. The molecular weight excluding hydrogens is 345 g/mol. The molecule has 0 spiro atoms. The van der Waals surface area contributed by atoms with Crippen molar-refractivity contribution >= 4 is 49.9 Å². The first kappa shape index (κ1) is 15.0. The number of sulfonamides is 1. The highest BCUT2D eigenvalue weighted by molar-refractivity contribution is 7.92. The van der Waals surface area contributed by atoms with Crippen LogP contribution in [0.3, 0.4) is 0 Å². The molecule has 3 rings (SSSR count). The van der Waals surface area contributed by atoms with Crippen molar-refractivity contribution in [2.45, 2.75) is 4.90 Å². The standard InChI is InChI=1S/C14H9Cl2N3O2S/c15-11-3-2-10(8-12(11)16)22(20,21)19-9-1-4-13-14(7-9)18-6-5-17-13/h1-8,19H. The molecule has 8 heteroatoms. The largest absolute Gasteiger partial charge is 0.280 e. The molecule has 0 radical (unpaired) electrons. The Morgan fingerprint density at radius 3 is 2.32 bits per heavy atom. The summed E-state index contributed by atoms with van der Waals surface area (Å²) >= 11 is 11.7. The van der Waals surface area contributed by atoms with Gasteiger partial charge in [0.2, 0.25) is 0 Å². The van der Waals surface area contributed by atoms with Gasteiger partial charge < -0.3 is 0 Å². The molecule has 1 aromatic heterocycles. The summed E-state index contributed by atoms with van der Waals surface area (Å²) in [4.78, 5) is 8.29. The summed E-state index contributed by atoms with van der Waals surface area (Å²) in [6.07, 6.45) is 3.11. The topological polar surface area (TPSA) is 72.0 Å². The Kier molecular flexibility index (Phi) is 3.90. The van der Waals surface area contributed by atoms with Gasteiger partial charge in [-0.15, -0.1) is 0 Å². The van der Waals surface area contributed by atoms with Crippen molar-refractivity contribution in [3.8, 4) is 0 Å². The summed E-state index contributed by atoms with van der Waals surface area (Å²) in [5.74, 6) is 0. The average molecular weight is 354 g/mol. The number of benzene rings is 2. The van der Waals surface area contributed by atoms with Crippen LogP contribution in [0.25, 0.3) is 11.0 Å². The maximum atomic E-state index is 12.4. The number of nitrogens with zero attached hydrogens (tertiary/aromatic N) is 2. The Labute approximate surface area is 137 Å². The molecule has 0 atom stereocenters. The molecule has 0 aliphatic heterocycles. The maximum Gasteiger partial charge on any atom is 0.261 e. The number of hydrogen-bond donors (Lipinski definition) is 1. The number of halogens is 2. The van der Waals surface area contributed by atoms with Crippen molar-refractivity contribution in [2.24, 2.45) is 0 Å². The zero-order valence-corrected chi connectivity index (χ0v) is 13.3. The average Bonchev–Trinajstić information content (AvgIpc) is 2.49. The first-order valence-corrected chi connectivity index (χ1v) is 8.38. The summed E-state index contributed by atoms with van der Waals surface area (Å²) in [6.45, 7) is 0. The number of nitrogens with one attached hydrogen (secondary N) is 1. The van der Waals surface area contributed by atoms with E-state index in [1.165, 1.54) is 18.2 Å². The smallest absolute Gasteiger partial charge is 0.261 e. The van der Waals surface area contributed by atoms with Gasteiger partial charge in [0, 0.05) is 12.4 Å². The van der Waals surface area contributed by atoms with Crippen LogP contribution in [-0.4, -0.2) is 18.4 Å². The SMILES string of the molecule is O=S(=O)(Nc1ccc2nccnc2c1)c1ccc(Cl)c(Cl)c1. The van der Waals surface area contributed by atoms with E-state index in [2.05, 4.69) is 14.7 Å². The second kappa shape index (κ2) is 5.72. The van der Waals surface area contributed by atoms with E-state index in [0.29, 0.717) is 21.7 Å². The molecule has 0 aliphatic carbocycles. The third kappa shape index (κ3) is 2.99. The minimum atomic E-state index is -3.76. The molecule has 0 unspecified atom stereocenters. The Morgan fingerprint density at radius 2 is 1.59 bits per heavy atom. The van der Waals surface area contributed by atoms with Crippen LogP contribution in [0.2, 0.25) is 10.0 Å².